The highest BCUT2D eigenvalue weighted by atomic mass is 16.7. The highest BCUT2D eigenvalue weighted by Gasteiger charge is 2.45. The molecule has 6 atom stereocenters. The maximum Gasteiger partial charge on any atom is 0.196 e. The van der Waals surface area contributed by atoms with Crippen molar-refractivity contribution >= 4 is 11.0 Å². The molecule has 2 heterocycles. The van der Waals surface area contributed by atoms with Gasteiger partial charge in [-0.3, -0.25) is 4.79 Å². The van der Waals surface area contributed by atoms with Crippen molar-refractivity contribution in [2.75, 3.05) is 6.61 Å². The molecule has 32 heavy (non-hydrogen) atoms. The van der Waals surface area contributed by atoms with Gasteiger partial charge in [-0.1, -0.05) is 12.2 Å². The molecule has 2 aromatic rings. The second-order valence-electron chi connectivity index (χ2n) is 7.70. The Kier molecular flexibility index (Phi) is 7.20. The van der Waals surface area contributed by atoms with Gasteiger partial charge < -0.3 is 49.6 Å². The summed E-state index contributed by atoms with van der Waals surface area (Å²) in [5.74, 6) is -1.02. The van der Waals surface area contributed by atoms with Crippen LogP contribution in [0.15, 0.2) is 33.5 Å². The van der Waals surface area contributed by atoms with Crippen molar-refractivity contribution in [2.24, 2.45) is 0 Å². The second-order valence-corrected chi connectivity index (χ2v) is 7.70. The summed E-state index contributed by atoms with van der Waals surface area (Å²) in [5, 5.41) is 69.5. The summed E-state index contributed by atoms with van der Waals surface area (Å²) in [6.07, 6.45) is -8.70. The van der Waals surface area contributed by atoms with E-state index in [2.05, 4.69) is 6.58 Å². The van der Waals surface area contributed by atoms with Gasteiger partial charge >= 0.3 is 0 Å². The molecule has 3 rings (SSSR count). The molecule has 1 unspecified atom stereocenters. The van der Waals surface area contributed by atoms with E-state index in [0.717, 1.165) is 12.1 Å². The Hall–Kier alpha value is -2.51. The van der Waals surface area contributed by atoms with E-state index in [4.69, 9.17) is 13.9 Å². The van der Waals surface area contributed by atoms with Crippen LogP contribution in [-0.2, 0) is 22.5 Å². The maximum atomic E-state index is 12.4. The van der Waals surface area contributed by atoms with Crippen LogP contribution in [0, 0.1) is 0 Å². The number of benzene rings is 1. The summed E-state index contributed by atoms with van der Waals surface area (Å²) in [6, 6.07) is 2.14. The average Bonchev–Trinajstić information content (AvgIpc) is 2.74. The zero-order valence-electron chi connectivity index (χ0n) is 17.2. The highest BCUT2D eigenvalue weighted by Crippen LogP contribution is 2.36. The fourth-order valence-corrected chi connectivity index (χ4v) is 3.52. The number of aromatic hydroxyl groups is 2. The van der Waals surface area contributed by atoms with Crippen LogP contribution in [0.25, 0.3) is 11.0 Å². The van der Waals surface area contributed by atoms with E-state index in [-0.39, 0.29) is 28.7 Å². The SMILES string of the molecule is C=C(C)C(Cc1c(O)cc2oc(CO)cc(=O)c2c1O)O[C@@H]1O[C@H](CO)[C@@H](O)[C@H](O)[C@H]1O. The lowest BCUT2D eigenvalue weighted by molar-refractivity contribution is -0.308. The van der Waals surface area contributed by atoms with Crippen molar-refractivity contribution in [1.82, 2.24) is 0 Å². The summed E-state index contributed by atoms with van der Waals surface area (Å²) in [6.45, 7) is 4.18. The predicted octanol–water partition coefficient (Wildman–Crippen LogP) is -1.000. The topological polar surface area (TPSA) is 190 Å². The molecule has 176 valence electrons. The third-order valence-electron chi connectivity index (χ3n) is 5.37. The Labute approximate surface area is 182 Å². The Morgan fingerprint density at radius 1 is 1.16 bits per heavy atom. The zero-order chi connectivity index (χ0) is 23.7. The molecule has 0 bridgehead atoms. The van der Waals surface area contributed by atoms with Crippen LogP contribution < -0.4 is 5.43 Å². The van der Waals surface area contributed by atoms with Crippen molar-refractivity contribution in [3.63, 3.8) is 0 Å². The van der Waals surface area contributed by atoms with Crippen molar-refractivity contribution in [1.29, 1.82) is 0 Å². The Morgan fingerprint density at radius 2 is 1.84 bits per heavy atom. The van der Waals surface area contributed by atoms with Crippen LogP contribution >= 0.6 is 0 Å². The molecule has 0 saturated carbocycles. The molecule has 0 aliphatic carbocycles. The maximum absolute atomic E-state index is 12.4. The van der Waals surface area contributed by atoms with Crippen LogP contribution in [0.5, 0.6) is 11.5 Å². The molecular weight excluding hydrogens is 428 g/mol. The standard InChI is InChI=1S/C21H26O11/c1-8(2)13(31-21-20(29)19(28)18(27)15(7-23)32-21)4-10-11(24)5-14-16(17(10)26)12(25)3-9(6-22)30-14/h3,5,13,15,18-24,26-29H,1,4,6-7H2,2H3/t13?,15-,18-,19+,20-,21-/m1/s1. The van der Waals surface area contributed by atoms with Gasteiger partial charge in [-0.2, -0.15) is 0 Å². The zero-order valence-corrected chi connectivity index (χ0v) is 17.2. The van der Waals surface area contributed by atoms with Gasteiger partial charge in [-0.25, -0.2) is 0 Å². The van der Waals surface area contributed by atoms with Crippen LogP contribution in [0.1, 0.15) is 18.2 Å². The first-order valence-corrected chi connectivity index (χ1v) is 9.81. The quantitative estimate of drug-likeness (QED) is 0.254. The largest absolute Gasteiger partial charge is 0.507 e. The summed E-state index contributed by atoms with van der Waals surface area (Å²) in [7, 11) is 0. The van der Waals surface area contributed by atoms with Crippen LogP contribution in [0.2, 0.25) is 0 Å². The predicted molar refractivity (Wildman–Crippen MR) is 109 cm³/mol. The molecule has 1 aliphatic heterocycles. The first-order valence-electron chi connectivity index (χ1n) is 9.81. The molecule has 11 heteroatoms. The summed E-state index contributed by atoms with van der Waals surface area (Å²) < 4.78 is 16.3. The third kappa shape index (κ3) is 4.50. The Balaban J connectivity index is 1.93. The van der Waals surface area contributed by atoms with Gasteiger partial charge in [0.25, 0.3) is 0 Å². The lowest BCUT2D eigenvalue weighted by Gasteiger charge is -2.41. The average molecular weight is 454 g/mol. The normalized spacial score (nSPS) is 26.9. The monoisotopic (exact) mass is 454 g/mol. The fourth-order valence-electron chi connectivity index (χ4n) is 3.52. The van der Waals surface area contributed by atoms with Gasteiger partial charge in [0, 0.05) is 24.1 Å². The van der Waals surface area contributed by atoms with Gasteiger partial charge in [-0.15, -0.1) is 0 Å². The van der Waals surface area contributed by atoms with E-state index in [9.17, 15) is 40.5 Å². The molecule has 0 spiro atoms. The molecule has 0 amide bonds. The molecule has 1 fully saturated rings. The molecule has 11 nitrogen and oxygen atoms in total. The van der Waals surface area contributed by atoms with E-state index in [0.29, 0.717) is 5.57 Å². The van der Waals surface area contributed by atoms with E-state index in [1.165, 1.54) is 0 Å². The summed E-state index contributed by atoms with van der Waals surface area (Å²) >= 11 is 0. The molecular formula is C21H26O11. The molecule has 1 aliphatic rings. The minimum Gasteiger partial charge on any atom is -0.507 e. The smallest absolute Gasteiger partial charge is 0.196 e. The molecule has 1 aromatic carbocycles. The lowest BCUT2D eigenvalue weighted by Crippen LogP contribution is -2.59. The minimum absolute atomic E-state index is 0.0418. The minimum atomic E-state index is -1.66. The number of aliphatic hydroxyl groups excluding tert-OH is 5. The van der Waals surface area contributed by atoms with Gasteiger partial charge in [0.15, 0.2) is 11.7 Å². The van der Waals surface area contributed by atoms with Crippen molar-refractivity contribution < 1.29 is 49.6 Å². The van der Waals surface area contributed by atoms with Crippen LogP contribution in [-0.4, -0.2) is 79.2 Å². The first kappa shape index (κ1) is 24.1. The Bertz CT molecular complexity index is 1040. The molecule has 1 saturated heterocycles. The lowest BCUT2D eigenvalue weighted by atomic mass is 9.97. The molecule has 1 aromatic heterocycles. The number of fused-ring (bicyclic) bond motifs is 1. The van der Waals surface area contributed by atoms with E-state index < -0.39 is 67.0 Å². The van der Waals surface area contributed by atoms with Gasteiger partial charge in [0.05, 0.1) is 12.7 Å². The summed E-state index contributed by atoms with van der Waals surface area (Å²) in [5.41, 5.74) is -0.430. The van der Waals surface area contributed by atoms with Crippen molar-refractivity contribution in [3.8, 4) is 11.5 Å². The fraction of sp³-hybridized carbons (Fsp3) is 0.476. The number of ether oxygens (including phenoxy) is 2. The first-order chi connectivity index (χ1) is 15.1. The second kappa shape index (κ2) is 9.55. The van der Waals surface area contributed by atoms with Gasteiger partial charge in [-0.05, 0) is 6.92 Å². The van der Waals surface area contributed by atoms with Crippen LogP contribution in [0.4, 0.5) is 0 Å². The third-order valence-corrected chi connectivity index (χ3v) is 5.37. The van der Waals surface area contributed by atoms with E-state index >= 15 is 0 Å². The van der Waals surface area contributed by atoms with E-state index in [1.807, 2.05) is 0 Å². The van der Waals surface area contributed by atoms with E-state index in [1.54, 1.807) is 6.92 Å². The number of hydrogen-bond acceptors (Lipinski definition) is 11. The number of phenols is 2. The van der Waals surface area contributed by atoms with Crippen LogP contribution in [0.3, 0.4) is 0 Å². The molecule has 7 N–H and O–H groups in total. The number of phenolic OH excluding ortho intramolecular Hbond substituents is 2. The van der Waals surface area contributed by atoms with Gasteiger partial charge in [0.2, 0.25) is 0 Å². The number of hydrogen-bond donors (Lipinski definition) is 7. The van der Waals surface area contributed by atoms with Crippen molar-refractivity contribution in [2.45, 2.75) is 56.8 Å². The molecule has 0 radical (unpaired) electrons. The Morgan fingerprint density at radius 3 is 2.44 bits per heavy atom. The number of aliphatic hydroxyl groups is 5. The van der Waals surface area contributed by atoms with Gasteiger partial charge in [0.1, 0.15) is 59.3 Å². The number of rotatable bonds is 7. The van der Waals surface area contributed by atoms with Crippen molar-refractivity contribution in [3.05, 3.63) is 45.8 Å². The highest BCUT2D eigenvalue weighted by molar-refractivity contribution is 5.86. The summed E-state index contributed by atoms with van der Waals surface area (Å²) in [4.78, 5) is 12.4.